The van der Waals surface area contributed by atoms with E-state index in [-0.39, 0.29) is 0 Å². The molecule has 0 aliphatic rings. The zero-order chi connectivity index (χ0) is 10.9. The Bertz CT molecular complexity index is 248. The van der Waals surface area contributed by atoms with Crippen LogP contribution in [0.2, 0.25) is 0 Å². The minimum atomic E-state index is 1.03. The fourth-order valence-corrected chi connectivity index (χ4v) is 1.57. The quantitative estimate of drug-likeness (QED) is 0.687. The van der Waals surface area contributed by atoms with E-state index in [1.54, 1.807) is 0 Å². The summed E-state index contributed by atoms with van der Waals surface area (Å²) in [5.41, 5.74) is 1.34. The lowest BCUT2D eigenvalue weighted by Crippen LogP contribution is -2.26. The van der Waals surface area contributed by atoms with E-state index in [0.717, 1.165) is 26.2 Å². The number of nitrogens with zero attached hydrogens (tertiary/aromatic N) is 2. The maximum atomic E-state index is 4.03. The summed E-state index contributed by atoms with van der Waals surface area (Å²) in [6, 6.07) is 4.17. The number of hydrogen-bond donors (Lipinski definition) is 1. The summed E-state index contributed by atoms with van der Waals surface area (Å²) in [4.78, 5) is 6.48. The Morgan fingerprint density at radius 3 is 2.67 bits per heavy atom. The molecule has 0 radical (unpaired) electrons. The largest absolute Gasteiger partial charge is 0.320 e. The zero-order valence-electron chi connectivity index (χ0n) is 9.74. The lowest BCUT2D eigenvalue weighted by Gasteiger charge is -2.20. The molecule has 1 rings (SSSR count). The molecule has 0 aliphatic heterocycles. The van der Waals surface area contributed by atoms with Crippen molar-refractivity contribution in [3.63, 3.8) is 0 Å². The van der Waals surface area contributed by atoms with Gasteiger partial charge in [-0.05, 0) is 50.8 Å². The van der Waals surface area contributed by atoms with Crippen LogP contribution in [0, 0.1) is 0 Å². The monoisotopic (exact) mass is 207 g/mol. The van der Waals surface area contributed by atoms with Crippen molar-refractivity contribution in [2.24, 2.45) is 0 Å². The predicted octanol–water partition coefficient (Wildman–Crippen LogP) is 1.51. The molecule has 0 amide bonds. The SMILES string of the molecule is CCN(CCCNC)Cc1ccncc1. The van der Waals surface area contributed by atoms with Crippen LogP contribution in [0.5, 0.6) is 0 Å². The Morgan fingerprint density at radius 2 is 2.07 bits per heavy atom. The third-order valence-electron chi connectivity index (χ3n) is 2.50. The van der Waals surface area contributed by atoms with Crippen LogP contribution in [0.3, 0.4) is 0 Å². The zero-order valence-corrected chi connectivity index (χ0v) is 9.74. The van der Waals surface area contributed by atoms with Crippen molar-refractivity contribution in [2.45, 2.75) is 19.9 Å². The molecule has 0 unspecified atom stereocenters. The van der Waals surface area contributed by atoms with E-state index in [1.165, 1.54) is 12.0 Å². The lowest BCUT2D eigenvalue weighted by molar-refractivity contribution is 0.276. The molecule has 15 heavy (non-hydrogen) atoms. The van der Waals surface area contributed by atoms with Gasteiger partial charge in [-0.2, -0.15) is 0 Å². The fourth-order valence-electron chi connectivity index (χ4n) is 1.57. The molecule has 84 valence electrons. The van der Waals surface area contributed by atoms with Gasteiger partial charge in [0.2, 0.25) is 0 Å². The highest BCUT2D eigenvalue weighted by Gasteiger charge is 2.02. The van der Waals surface area contributed by atoms with Crippen molar-refractivity contribution in [1.29, 1.82) is 0 Å². The van der Waals surface area contributed by atoms with E-state index in [2.05, 4.69) is 34.3 Å². The summed E-state index contributed by atoms with van der Waals surface area (Å²) in [5, 5.41) is 3.17. The predicted molar refractivity (Wildman–Crippen MR) is 63.7 cm³/mol. The van der Waals surface area contributed by atoms with Crippen LogP contribution in [0.25, 0.3) is 0 Å². The molecule has 1 heterocycles. The van der Waals surface area contributed by atoms with E-state index in [4.69, 9.17) is 0 Å². The summed E-state index contributed by atoms with van der Waals surface area (Å²) >= 11 is 0. The van der Waals surface area contributed by atoms with Crippen LogP contribution in [0.15, 0.2) is 24.5 Å². The topological polar surface area (TPSA) is 28.2 Å². The van der Waals surface area contributed by atoms with Gasteiger partial charge in [0.1, 0.15) is 0 Å². The highest BCUT2D eigenvalue weighted by atomic mass is 15.1. The van der Waals surface area contributed by atoms with Crippen LogP contribution in [-0.2, 0) is 6.54 Å². The summed E-state index contributed by atoms with van der Waals surface area (Å²) < 4.78 is 0. The molecular formula is C12H21N3. The maximum absolute atomic E-state index is 4.03. The molecule has 0 saturated carbocycles. The Balaban J connectivity index is 2.33. The smallest absolute Gasteiger partial charge is 0.0271 e. The van der Waals surface area contributed by atoms with Gasteiger partial charge in [-0.1, -0.05) is 6.92 Å². The van der Waals surface area contributed by atoms with E-state index >= 15 is 0 Å². The first-order valence-corrected chi connectivity index (χ1v) is 5.62. The molecule has 3 nitrogen and oxygen atoms in total. The maximum Gasteiger partial charge on any atom is 0.0271 e. The summed E-state index contributed by atoms with van der Waals surface area (Å²) in [7, 11) is 2.00. The third kappa shape index (κ3) is 4.91. The first-order chi connectivity index (χ1) is 7.36. The van der Waals surface area contributed by atoms with Crippen LogP contribution in [0.1, 0.15) is 18.9 Å². The van der Waals surface area contributed by atoms with Gasteiger partial charge < -0.3 is 5.32 Å². The second kappa shape index (κ2) is 7.37. The van der Waals surface area contributed by atoms with Gasteiger partial charge in [-0.15, -0.1) is 0 Å². The Labute approximate surface area is 92.5 Å². The van der Waals surface area contributed by atoms with Crippen molar-refractivity contribution in [2.75, 3.05) is 26.7 Å². The number of aromatic nitrogens is 1. The Hall–Kier alpha value is -0.930. The number of rotatable bonds is 7. The van der Waals surface area contributed by atoms with Gasteiger partial charge in [0.15, 0.2) is 0 Å². The molecule has 0 saturated heterocycles. The van der Waals surface area contributed by atoms with Crippen molar-refractivity contribution in [1.82, 2.24) is 15.2 Å². The molecule has 1 N–H and O–H groups in total. The molecule has 0 fully saturated rings. The van der Waals surface area contributed by atoms with Gasteiger partial charge in [0.25, 0.3) is 0 Å². The summed E-state index contributed by atoms with van der Waals surface area (Å²) in [6.07, 6.45) is 4.92. The number of nitrogens with one attached hydrogen (secondary N) is 1. The summed E-state index contributed by atoms with van der Waals surface area (Å²) in [6.45, 7) is 6.59. The van der Waals surface area contributed by atoms with Crippen LogP contribution < -0.4 is 5.32 Å². The molecule has 1 aromatic heterocycles. The molecule has 3 heteroatoms. The second-order valence-corrected chi connectivity index (χ2v) is 3.68. The molecule has 0 spiro atoms. The average molecular weight is 207 g/mol. The molecule has 0 aromatic carbocycles. The van der Waals surface area contributed by atoms with E-state index in [1.807, 2.05) is 19.4 Å². The molecule has 0 bridgehead atoms. The minimum Gasteiger partial charge on any atom is -0.320 e. The van der Waals surface area contributed by atoms with E-state index in [9.17, 15) is 0 Å². The van der Waals surface area contributed by atoms with Gasteiger partial charge in [0, 0.05) is 18.9 Å². The van der Waals surface area contributed by atoms with Crippen LogP contribution in [-0.4, -0.2) is 36.6 Å². The van der Waals surface area contributed by atoms with Gasteiger partial charge in [0.05, 0.1) is 0 Å². The highest BCUT2D eigenvalue weighted by molar-refractivity contribution is 5.09. The number of hydrogen-bond acceptors (Lipinski definition) is 3. The Morgan fingerprint density at radius 1 is 1.33 bits per heavy atom. The van der Waals surface area contributed by atoms with Crippen molar-refractivity contribution in [3.05, 3.63) is 30.1 Å². The minimum absolute atomic E-state index is 1.03. The highest BCUT2D eigenvalue weighted by Crippen LogP contribution is 2.03. The van der Waals surface area contributed by atoms with Crippen molar-refractivity contribution >= 4 is 0 Å². The molecule has 0 atom stereocenters. The van der Waals surface area contributed by atoms with Crippen LogP contribution in [0.4, 0.5) is 0 Å². The van der Waals surface area contributed by atoms with Gasteiger partial charge in [-0.25, -0.2) is 0 Å². The summed E-state index contributed by atoms with van der Waals surface area (Å²) in [5.74, 6) is 0. The Kier molecular flexibility index (Phi) is 5.97. The van der Waals surface area contributed by atoms with Gasteiger partial charge in [-0.3, -0.25) is 9.88 Å². The third-order valence-corrected chi connectivity index (χ3v) is 2.50. The lowest BCUT2D eigenvalue weighted by atomic mass is 10.2. The molecule has 0 aliphatic carbocycles. The van der Waals surface area contributed by atoms with Crippen LogP contribution >= 0.6 is 0 Å². The van der Waals surface area contributed by atoms with Crippen molar-refractivity contribution < 1.29 is 0 Å². The second-order valence-electron chi connectivity index (χ2n) is 3.68. The van der Waals surface area contributed by atoms with Crippen molar-refractivity contribution in [3.8, 4) is 0 Å². The standard InChI is InChI=1S/C12H21N3/c1-3-15(10-4-7-13-2)11-12-5-8-14-9-6-12/h5-6,8-9,13H,3-4,7,10-11H2,1-2H3. The average Bonchev–Trinajstić information content (AvgIpc) is 2.29. The van der Waals surface area contributed by atoms with Gasteiger partial charge >= 0.3 is 0 Å². The molecule has 1 aromatic rings. The number of pyridine rings is 1. The van der Waals surface area contributed by atoms with E-state index < -0.39 is 0 Å². The normalized spacial score (nSPS) is 10.9. The fraction of sp³-hybridized carbons (Fsp3) is 0.583. The first-order valence-electron chi connectivity index (χ1n) is 5.62. The van der Waals surface area contributed by atoms with E-state index in [0.29, 0.717) is 0 Å². The molecular weight excluding hydrogens is 186 g/mol. The first kappa shape index (κ1) is 12.1.